The summed E-state index contributed by atoms with van der Waals surface area (Å²) in [6, 6.07) is 9.05. The Balaban J connectivity index is 2.12. The molecule has 0 spiro atoms. The molecule has 2 N–H and O–H groups in total. The quantitative estimate of drug-likeness (QED) is 0.807. The van der Waals surface area contributed by atoms with Crippen molar-refractivity contribution in [2.75, 3.05) is 5.32 Å². The second-order valence-electron chi connectivity index (χ2n) is 7.35. The van der Waals surface area contributed by atoms with Gasteiger partial charge in [0.2, 0.25) is 16.9 Å². The number of hydrogen-bond acceptors (Lipinski definition) is 5. The summed E-state index contributed by atoms with van der Waals surface area (Å²) >= 11 is 1.31. The van der Waals surface area contributed by atoms with Gasteiger partial charge in [0.05, 0.1) is 0 Å². The van der Waals surface area contributed by atoms with E-state index in [4.69, 9.17) is 0 Å². The van der Waals surface area contributed by atoms with Crippen molar-refractivity contribution in [3.8, 4) is 10.6 Å². The van der Waals surface area contributed by atoms with Crippen molar-refractivity contribution in [1.82, 2.24) is 15.5 Å². The van der Waals surface area contributed by atoms with Gasteiger partial charge in [-0.25, -0.2) is 0 Å². The molecule has 2 rings (SSSR count). The number of hydrogen-bond donors (Lipinski definition) is 2. The lowest BCUT2D eigenvalue weighted by Crippen LogP contribution is -2.50. The van der Waals surface area contributed by atoms with Crippen molar-refractivity contribution < 1.29 is 9.59 Å². The first-order valence-electron chi connectivity index (χ1n) is 8.73. The van der Waals surface area contributed by atoms with Crippen molar-refractivity contribution in [1.29, 1.82) is 0 Å². The molecule has 0 bridgehead atoms. The first kappa shape index (κ1) is 20.0. The number of nitrogens with one attached hydrogen (secondary N) is 2. The Morgan fingerprint density at radius 3 is 2.38 bits per heavy atom. The number of carbonyl (C=O) groups excluding carboxylic acids is 2. The fourth-order valence-electron chi connectivity index (χ4n) is 2.21. The Morgan fingerprint density at radius 1 is 1.15 bits per heavy atom. The molecule has 2 amide bonds. The number of benzene rings is 1. The minimum atomic E-state index is -0.615. The van der Waals surface area contributed by atoms with Gasteiger partial charge in [-0.15, -0.1) is 10.2 Å². The topological polar surface area (TPSA) is 84.0 Å². The van der Waals surface area contributed by atoms with Crippen LogP contribution in [-0.2, 0) is 9.59 Å². The molecule has 0 aliphatic rings. The van der Waals surface area contributed by atoms with Crippen LogP contribution >= 0.6 is 11.3 Å². The van der Waals surface area contributed by atoms with Gasteiger partial charge in [-0.05, 0) is 5.92 Å². The summed E-state index contributed by atoms with van der Waals surface area (Å²) in [7, 11) is 0. The van der Waals surface area contributed by atoms with Crippen LogP contribution < -0.4 is 10.6 Å². The first-order valence-corrected chi connectivity index (χ1v) is 9.54. The van der Waals surface area contributed by atoms with Gasteiger partial charge in [-0.1, -0.05) is 82.7 Å². The summed E-state index contributed by atoms with van der Waals surface area (Å²) in [4.78, 5) is 25.1. The number of rotatable bonds is 6. The average Bonchev–Trinajstić information content (AvgIpc) is 3.07. The van der Waals surface area contributed by atoms with Crippen LogP contribution in [0.4, 0.5) is 5.13 Å². The zero-order valence-corrected chi connectivity index (χ0v) is 16.7. The van der Waals surface area contributed by atoms with Crippen LogP contribution in [0.3, 0.4) is 0 Å². The minimum Gasteiger partial charge on any atom is -0.344 e. The summed E-state index contributed by atoms with van der Waals surface area (Å²) in [6.07, 6.45) is 0.772. The molecule has 6 nitrogen and oxygen atoms in total. The van der Waals surface area contributed by atoms with E-state index in [2.05, 4.69) is 20.8 Å². The molecule has 1 heterocycles. The Morgan fingerprint density at radius 2 is 1.81 bits per heavy atom. The van der Waals surface area contributed by atoms with Gasteiger partial charge in [0.1, 0.15) is 11.0 Å². The van der Waals surface area contributed by atoms with Crippen molar-refractivity contribution >= 4 is 28.3 Å². The SMILES string of the molecule is CCC(C)C(NC(=O)C(C)(C)C)C(=O)Nc1nnc(-c2ccccc2)s1. The Bertz CT molecular complexity index is 752. The molecule has 26 heavy (non-hydrogen) atoms. The lowest BCUT2D eigenvalue weighted by molar-refractivity contribution is -0.132. The van der Waals surface area contributed by atoms with E-state index in [1.807, 2.05) is 65.0 Å². The fourth-order valence-corrected chi connectivity index (χ4v) is 2.97. The van der Waals surface area contributed by atoms with E-state index in [1.54, 1.807) is 0 Å². The van der Waals surface area contributed by atoms with Crippen LogP contribution in [0.15, 0.2) is 30.3 Å². The van der Waals surface area contributed by atoms with Crippen molar-refractivity contribution in [3.63, 3.8) is 0 Å². The van der Waals surface area contributed by atoms with E-state index < -0.39 is 11.5 Å². The Labute approximate surface area is 158 Å². The second kappa shape index (κ2) is 8.40. The lowest BCUT2D eigenvalue weighted by atomic mass is 9.92. The number of carbonyl (C=O) groups is 2. The summed E-state index contributed by atoms with van der Waals surface area (Å²) in [5, 5.41) is 15.0. The van der Waals surface area contributed by atoms with Crippen molar-refractivity contribution in [2.45, 2.75) is 47.1 Å². The third kappa shape index (κ3) is 5.11. The fraction of sp³-hybridized carbons (Fsp3) is 0.474. The molecule has 2 atom stereocenters. The summed E-state index contributed by atoms with van der Waals surface area (Å²) < 4.78 is 0. The average molecular weight is 375 g/mol. The zero-order valence-electron chi connectivity index (χ0n) is 15.9. The van der Waals surface area contributed by atoms with Crippen LogP contribution in [0.2, 0.25) is 0 Å². The molecule has 0 aliphatic carbocycles. The van der Waals surface area contributed by atoms with E-state index in [0.29, 0.717) is 5.13 Å². The third-order valence-corrected chi connectivity index (χ3v) is 5.03. The summed E-state index contributed by atoms with van der Waals surface area (Å²) in [6.45, 7) is 9.41. The number of amides is 2. The number of anilines is 1. The Kier molecular flexibility index (Phi) is 6.47. The van der Waals surface area contributed by atoms with Gasteiger partial charge < -0.3 is 5.32 Å². The highest BCUT2D eigenvalue weighted by Crippen LogP contribution is 2.26. The van der Waals surface area contributed by atoms with E-state index in [-0.39, 0.29) is 17.7 Å². The van der Waals surface area contributed by atoms with Crippen LogP contribution in [0.1, 0.15) is 41.0 Å². The molecule has 0 aliphatic heterocycles. The minimum absolute atomic E-state index is 0.00261. The highest BCUT2D eigenvalue weighted by molar-refractivity contribution is 7.18. The molecule has 1 aromatic heterocycles. The van der Waals surface area contributed by atoms with Gasteiger partial charge in [0, 0.05) is 11.0 Å². The van der Waals surface area contributed by atoms with E-state index in [9.17, 15) is 9.59 Å². The number of nitrogens with zero attached hydrogens (tertiary/aromatic N) is 2. The Hall–Kier alpha value is -2.28. The van der Waals surface area contributed by atoms with Gasteiger partial charge >= 0.3 is 0 Å². The molecule has 1 aromatic carbocycles. The molecule has 2 unspecified atom stereocenters. The monoisotopic (exact) mass is 374 g/mol. The molecular formula is C19H26N4O2S. The molecular weight excluding hydrogens is 348 g/mol. The summed E-state index contributed by atoms with van der Waals surface area (Å²) in [5.41, 5.74) is 0.389. The zero-order chi connectivity index (χ0) is 19.3. The largest absolute Gasteiger partial charge is 0.344 e. The van der Waals surface area contributed by atoms with Gasteiger partial charge in [-0.3, -0.25) is 14.9 Å². The van der Waals surface area contributed by atoms with Crippen LogP contribution in [0.25, 0.3) is 10.6 Å². The van der Waals surface area contributed by atoms with Gasteiger partial charge in [0.15, 0.2) is 0 Å². The molecule has 0 saturated carbocycles. The highest BCUT2D eigenvalue weighted by atomic mass is 32.1. The third-order valence-electron chi connectivity index (χ3n) is 4.14. The maximum absolute atomic E-state index is 12.7. The maximum atomic E-state index is 12.7. The molecule has 0 fully saturated rings. The van der Waals surface area contributed by atoms with E-state index in [1.165, 1.54) is 11.3 Å². The molecule has 7 heteroatoms. The van der Waals surface area contributed by atoms with Crippen molar-refractivity contribution in [2.24, 2.45) is 11.3 Å². The normalized spacial score (nSPS) is 13.7. The maximum Gasteiger partial charge on any atom is 0.249 e. The van der Waals surface area contributed by atoms with Crippen LogP contribution in [-0.4, -0.2) is 28.1 Å². The van der Waals surface area contributed by atoms with Crippen molar-refractivity contribution in [3.05, 3.63) is 30.3 Å². The standard InChI is InChI=1S/C19H26N4O2S/c1-6-12(2)14(20-17(25)19(3,4)5)15(24)21-18-23-22-16(26-18)13-10-8-7-9-11-13/h7-12,14H,6H2,1-5H3,(H,20,25)(H,21,23,24). The van der Waals surface area contributed by atoms with Crippen LogP contribution in [0, 0.1) is 11.3 Å². The predicted octanol–water partition coefficient (Wildman–Crippen LogP) is 3.72. The summed E-state index contributed by atoms with van der Waals surface area (Å²) in [5.74, 6) is -0.421. The first-order chi connectivity index (χ1) is 12.2. The molecule has 0 saturated heterocycles. The number of aromatic nitrogens is 2. The smallest absolute Gasteiger partial charge is 0.249 e. The van der Waals surface area contributed by atoms with E-state index >= 15 is 0 Å². The van der Waals surface area contributed by atoms with E-state index in [0.717, 1.165) is 17.0 Å². The lowest BCUT2D eigenvalue weighted by Gasteiger charge is -2.27. The predicted molar refractivity (Wildman–Crippen MR) is 105 cm³/mol. The molecule has 140 valence electrons. The van der Waals surface area contributed by atoms with Crippen LogP contribution in [0.5, 0.6) is 0 Å². The van der Waals surface area contributed by atoms with Gasteiger partial charge in [-0.2, -0.15) is 0 Å². The second-order valence-corrected chi connectivity index (χ2v) is 8.33. The highest BCUT2D eigenvalue weighted by Gasteiger charge is 2.31. The molecule has 2 aromatic rings. The van der Waals surface area contributed by atoms with Gasteiger partial charge in [0.25, 0.3) is 0 Å². The molecule has 0 radical (unpaired) electrons.